The number of benzene rings is 1. The molecule has 1 amide bonds. The molecule has 0 unspecified atom stereocenters. The van der Waals surface area contributed by atoms with Crippen LogP contribution >= 0.6 is 0 Å². The van der Waals surface area contributed by atoms with Gasteiger partial charge < -0.3 is 10.4 Å². The molecule has 0 heterocycles. The molecule has 0 saturated heterocycles. The molecule has 1 aliphatic carbocycles. The first-order valence-electron chi connectivity index (χ1n) is 6.65. The van der Waals surface area contributed by atoms with Crippen LogP contribution in [0.1, 0.15) is 25.3 Å². The first-order valence-corrected chi connectivity index (χ1v) is 6.65. The van der Waals surface area contributed by atoms with Gasteiger partial charge in [-0.05, 0) is 31.7 Å². The van der Waals surface area contributed by atoms with Crippen molar-refractivity contribution in [2.24, 2.45) is 11.8 Å². The molecule has 3 atom stereocenters. The standard InChI is InChI=1S/C15H19NO3/c1-10(7-8-11-5-3-2-4-6-11)16-14(17)12-9-13(12)15(18)19/h2-6,10,12-13H,7-9H2,1H3,(H,16,17)(H,18,19)/t10-,12-,13+/m1/s1. The Labute approximate surface area is 112 Å². The summed E-state index contributed by atoms with van der Waals surface area (Å²) < 4.78 is 0. The van der Waals surface area contributed by atoms with E-state index in [0.717, 1.165) is 12.8 Å². The average Bonchev–Trinajstić information content (AvgIpc) is 3.18. The van der Waals surface area contributed by atoms with E-state index in [1.165, 1.54) is 5.56 Å². The summed E-state index contributed by atoms with van der Waals surface area (Å²) in [6.45, 7) is 1.96. The fourth-order valence-corrected chi connectivity index (χ4v) is 2.21. The van der Waals surface area contributed by atoms with Gasteiger partial charge in [0.1, 0.15) is 0 Å². The van der Waals surface area contributed by atoms with Gasteiger partial charge in [0.05, 0.1) is 11.8 Å². The molecule has 0 aromatic heterocycles. The first-order chi connectivity index (χ1) is 9.08. The average molecular weight is 261 g/mol. The van der Waals surface area contributed by atoms with Crippen LogP contribution in [0, 0.1) is 11.8 Å². The van der Waals surface area contributed by atoms with Gasteiger partial charge in [0.2, 0.25) is 5.91 Å². The third-order valence-electron chi connectivity index (χ3n) is 3.54. The Balaban J connectivity index is 1.72. The summed E-state index contributed by atoms with van der Waals surface area (Å²) >= 11 is 0. The molecule has 102 valence electrons. The van der Waals surface area contributed by atoms with Gasteiger partial charge >= 0.3 is 5.97 Å². The number of carboxylic acid groups (broad SMARTS) is 1. The second-order valence-corrected chi connectivity index (χ2v) is 5.22. The van der Waals surface area contributed by atoms with Crippen molar-refractivity contribution in [2.45, 2.75) is 32.2 Å². The molecule has 1 aromatic rings. The zero-order valence-corrected chi connectivity index (χ0v) is 11.0. The zero-order valence-electron chi connectivity index (χ0n) is 11.0. The molecule has 1 fully saturated rings. The maximum Gasteiger partial charge on any atom is 0.307 e. The van der Waals surface area contributed by atoms with Crippen LogP contribution in [-0.4, -0.2) is 23.0 Å². The van der Waals surface area contributed by atoms with Gasteiger partial charge in [0.25, 0.3) is 0 Å². The summed E-state index contributed by atoms with van der Waals surface area (Å²) in [6.07, 6.45) is 2.25. The molecule has 0 spiro atoms. The molecule has 1 aromatic carbocycles. The number of aliphatic carboxylic acids is 1. The molecule has 2 N–H and O–H groups in total. The predicted octanol–water partition coefficient (Wildman–Crippen LogP) is 1.84. The van der Waals surface area contributed by atoms with Gasteiger partial charge in [-0.3, -0.25) is 9.59 Å². The maximum absolute atomic E-state index is 11.8. The van der Waals surface area contributed by atoms with Crippen LogP contribution in [0.15, 0.2) is 30.3 Å². The van der Waals surface area contributed by atoms with Crippen molar-refractivity contribution in [3.8, 4) is 0 Å². The molecule has 4 heteroatoms. The molecular weight excluding hydrogens is 242 g/mol. The van der Waals surface area contributed by atoms with Crippen LogP contribution in [0.4, 0.5) is 0 Å². The van der Waals surface area contributed by atoms with Gasteiger partial charge in [0.15, 0.2) is 0 Å². The lowest BCUT2D eigenvalue weighted by atomic mass is 10.1. The highest BCUT2D eigenvalue weighted by Crippen LogP contribution is 2.38. The van der Waals surface area contributed by atoms with Crippen LogP contribution in [0.3, 0.4) is 0 Å². The number of hydrogen-bond donors (Lipinski definition) is 2. The Morgan fingerprint density at radius 1 is 1.32 bits per heavy atom. The Morgan fingerprint density at radius 2 is 2.00 bits per heavy atom. The molecule has 0 radical (unpaired) electrons. The number of hydrogen-bond acceptors (Lipinski definition) is 2. The van der Waals surface area contributed by atoms with Crippen molar-refractivity contribution in [3.63, 3.8) is 0 Å². The van der Waals surface area contributed by atoms with Crippen LogP contribution in [-0.2, 0) is 16.0 Å². The van der Waals surface area contributed by atoms with E-state index in [-0.39, 0.29) is 17.9 Å². The van der Waals surface area contributed by atoms with Crippen LogP contribution in [0.2, 0.25) is 0 Å². The van der Waals surface area contributed by atoms with Gasteiger partial charge in [-0.15, -0.1) is 0 Å². The lowest BCUT2D eigenvalue weighted by Gasteiger charge is -2.13. The number of rotatable bonds is 6. The van der Waals surface area contributed by atoms with E-state index in [1.54, 1.807) is 0 Å². The molecule has 4 nitrogen and oxygen atoms in total. The van der Waals surface area contributed by atoms with Crippen LogP contribution in [0.5, 0.6) is 0 Å². The summed E-state index contributed by atoms with van der Waals surface area (Å²) in [7, 11) is 0. The molecule has 1 aliphatic rings. The topological polar surface area (TPSA) is 66.4 Å². The van der Waals surface area contributed by atoms with Crippen molar-refractivity contribution in [2.75, 3.05) is 0 Å². The second kappa shape index (κ2) is 5.87. The van der Waals surface area contributed by atoms with Crippen LogP contribution < -0.4 is 5.32 Å². The molecular formula is C15H19NO3. The lowest BCUT2D eigenvalue weighted by Crippen LogP contribution is -2.34. The molecule has 0 bridgehead atoms. The molecule has 2 rings (SSSR count). The van der Waals surface area contributed by atoms with Crippen molar-refractivity contribution < 1.29 is 14.7 Å². The summed E-state index contributed by atoms with van der Waals surface area (Å²) in [6, 6.07) is 10.2. The molecule has 19 heavy (non-hydrogen) atoms. The van der Waals surface area contributed by atoms with E-state index in [4.69, 9.17) is 5.11 Å². The van der Waals surface area contributed by atoms with E-state index < -0.39 is 11.9 Å². The van der Waals surface area contributed by atoms with Crippen molar-refractivity contribution >= 4 is 11.9 Å². The normalized spacial score (nSPS) is 22.6. The Morgan fingerprint density at radius 3 is 2.58 bits per heavy atom. The monoisotopic (exact) mass is 261 g/mol. The summed E-state index contributed by atoms with van der Waals surface area (Å²) in [5, 5.41) is 11.7. The van der Waals surface area contributed by atoms with Crippen molar-refractivity contribution in [1.29, 1.82) is 0 Å². The Hall–Kier alpha value is -1.84. The number of carboxylic acids is 1. The van der Waals surface area contributed by atoms with E-state index >= 15 is 0 Å². The largest absolute Gasteiger partial charge is 0.481 e. The maximum atomic E-state index is 11.8. The van der Waals surface area contributed by atoms with E-state index in [9.17, 15) is 9.59 Å². The van der Waals surface area contributed by atoms with E-state index in [1.807, 2.05) is 25.1 Å². The number of carbonyl (C=O) groups excluding carboxylic acids is 1. The first kappa shape index (κ1) is 13.6. The smallest absolute Gasteiger partial charge is 0.307 e. The minimum Gasteiger partial charge on any atom is -0.481 e. The van der Waals surface area contributed by atoms with Crippen molar-refractivity contribution in [3.05, 3.63) is 35.9 Å². The fourth-order valence-electron chi connectivity index (χ4n) is 2.21. The fraction of sp³-hybridized carbons (Fsp3) is 0.467. The highest BCUT2D eigenvalue weighted by Gasteiger charge is 2.48. The van der Waals surface area contributed by atoms with E-state index in [0.29, 0.717) is 6.42 Å². The Bertz CT molecular complexity index is 458. The van der Waals surface area contributed by atoms with Gasteiger partial charge in [-0.2, -0.15) is 0 Å². The number of amides is 1. The SMILES string of the molecule is C[C@H](CCc1ccccc1)NC(=O)[C@@H]1C[C@@H]1C(=O)O. The third-order valence-corrected chi connectivity index (χ3v) is 3.54. The number of nitrogens with one attached hydrogen (secondary N) is 1. The summed E-state index contributed by atoms with van der Waals surface area (Å²) in [5.74, 6) is -1.77. The quantitative estimate of drug-likeness (QED) is 0.821. The highest BCUT2D eigenvalue weighted by molar-refractivity contribution is 5.89. The molecule has 1 saturated carbocycles. The van der Waals surface area contributed by atoms with Gasteiger partial charge in [-0.1, -0.05) is 30.3 Å². The van der Waals surface area contributed by atoms with Gasteiger partial charge in [0, 0.05) is 6.04 Å². The second-order valence-electron chi connectivity index (χ2n) is 5.22. The Kier molecular flexibility index (Phi) is 4.20. The number of carbonyl (C=O) groups is 2. The van der Waals surface area contributed by atoms with E-state index in [2.05, 4.69) is 17.4 Å². The minimum atomic E-state index is -0.864. The zero-order chi connectivity index (χ0) is 13.8. The predicted molar refractivity (Wildman–Crippen MR) is 71.6 cm³/mol. The van der Waals surface area contributed by atoms with Gasteiger partial charge in [-0.25, -0.2) is 0 Å². The summed E-state index contributed by atoms with van der Waals surface area (Å²) in [4.78, 5) is 22.5. The molecule has 0 aliphatic heterocycles. The highest BCUT2D eigenvalue weighted by atomic mass is 16.4. The minimum absolute atomic E-state index is 0.0720. The number of aryl methyl sites for hydroxylation is 1. The third kappa shape index (κ3) is 3.81. The summed E-state index contributed by atoms with van der Waals surface area (Å²) in [5.41, 5.74) is 1.25. The van der Waals surface area contributed by atoms with Crippen LogP contribution in [0.25, 0.3) is 0 Å². The van der Waals surface area contributed by atoms with Crippen molar-refractivity contribution in [1.82, 2.24) is 5.32 Å². The lowest BCUT2D eigenvalue weighted by molar-refractivity contribution is -0.140.